The minimum Gasteiger partial charge on any atom is -0.440 e. The summed E-state index contributed by atoms with van der Waals surface area (Å²) in [5.41, 5.74) is 1.87. The fraction of sp³-hybridized carbons (Fsp3) is 0.250. The van der Waals surface area contributed by atoms with Crippen LogP contribution >= 0.6 is 0 Å². The van der Waals surface area contributed by atoms with Crippen molar-refractivity contribution in [3.8, 4) is 0 Å². The van der Waals surface area contributed by atoms with E-state index >= 15 is 0 Å². The lowest BCUT2D eigenvalue weighted by Gasteiger charge is -2.24. The van der Waals surface area contributed by atoms with Crippen LogP contribution in [0, 0.1) is 0 Å². The molecule has 0 aliphatic carbocycles. The molecule has 0 saturated heterocycles. The second-order valence-corrected chi connectivity index (χ2v) is 6.10. The zero-order valence-corrected chi connectivity index (χ0v) is 14.8. The Balaban J connectivity index is 1.69. The summed E-state index contributed by atoms with van der Waals surface area (Å²) in [5, 5.41) is 5.29. The van der Waals surface area contributed by atoms with Gasteiger partial charge < -0.3 is 9.64 Å². The Morgan fingerprint density at radius 2 is 1.69 bits per heavy atom. The second-order valence-electron chi connectivity index (χ2n) is 6.10. The molecule has 0 fully saturated rings. The molecule has 3 rings (SSSR count). The van der Waals surface area contributed by atoms with Gasteiger partial charge in [0.15, 0.2) is 0 Å². The molecule has 1 unspecified atom stereocenters. The van der Waals surface area contributed by atoms with Gasteiger partial charge in [-0.3, -0.25) is 9.59 Å². The van der Waals surface area contributed by atoms with E-state index in [0.29, 0.717) is 6.54 Å². The van der Waals surface area contributed by atoms with Crippen LogP contribution < -0.4 is 0 Å². The third kappa shape index (κ3) is 3.91. The molecule has 0 saturated carbocycles. The highest BCUT2D eigenvalue weighted by molar-refractivity contribution is 5.99. The molecular formula is C20H21N3O3. The largest absolute Gasteiger partial charge is 0.440 e. The maximum absolute atomic E-state index is 12.8. The van der Waals surface area contributed by atoms with Gasteiger partial charge in [0.05, 0.1) is 0 Å². The van der Waals surface area contributed by atoms with Crippen molar-refractivity contribution in [1.29, 1.82) is 0 Å². The number of ether oxygens (including phenoxy) is 1. The van der Waals surface area contributed by atoms with E-state index in [1.807, 2.05) is 60.7 Å². The van der Waals surface area contributed by atoms with Crippen molar-refractivity contribution in [2.75, 3.05) is 13.6 Å². The van der Waals surface area contributed by atoms with Crippen molar-refractivity contribution >= 4 is 17.7 Å². The second kappa shape index (κ2) is 7.82. The molecule has 0 aromatic heterocycles. The molecule has 26 heavy (non-hydrogen) atoms. The Morgan fingerprint density at radius 1 is 1.08 bits per heavy atom. The number of benzene rings is 2. The Labute approximate surface area is 152 Å². The van der Waals surface area contributed by atoms with Crippen LogP contribution in [0.1, 0.15) is 18.1 Å². The fourth-order valence-electron chi connectivity index (χ4n) is 2.67. The van der Waals surface area contributed by atoms with Crippen molar-refractivity contribution in [1.82, 2.24) is 9.91 Å². The number of rotatable bonds is 5. The number of nitrogens with zero attached hydrogens (tertiary/aromatic N) is 3. The zero-order valence-electron chi connectivity index (χ0n) is 14.8. The number of amides is 2. The molecule has 0 radical (unpaired) electrons. The minimum atomic E-state index is -1.07. The van der Waals surface area contributed by atoms with Gasteiger partial charge in [-0.1, -0.05) is 48.5 Å². The van der Waals surface area contributed by atoms with Gasteiger partial charge in [0, 0.05) is 26.1 Å². The van der Waals surface area contributed by atoms with Gasteiger partial charge in [0.25, 0.3) is 12.1 Å². The van der Waals surface area contributed by atoms with Crippen LogP contribution in [0.25, 0.3) is 0 Å². The SMILES string of the molecule is CC(=O)N1N=C(c2ccccc2)OC1C(=O)N(C)CCc1ccccc1. The first-order valence-electron chi connectivity index (χ1n) is 8.45. The monoisotopic (exact) mass is 351 g/mol. The van der Waals surface area contributed by atoms with E-state index in [4.69, 9.17) is 4.74 Å². The number of hydrogen-bond donors (Lipinski definition) is 0. The first-order valence-corrected chi connectivity index (χ1v) is 8.45. The van der Waals surface area contributed by atoms with E-state index in [1.165, 1.54) is 6.92 Å². The van der Waals surface area contributed by atoms with Gasteiger partial charge in [-0.05, 0) is 24.1 Å². The number of carbonyl (C=O) groups is 2. The van der Waals surface area contributed by atoms with Gasteiger partial charge in [-0.15, -0.1) is 5.10 Å². The Kier molecular flexibility index (Phi) is 5.31. The maximum Gasteiger partial charge on any atom is 0.287 e. The topological polar surface area (TPSA) is 62.2 Å². The summed E-state index contributed by atoms with van der Waals surface area (Å²) in [7, 11) is 1.70. The third-order valence-electron chi connectivity index (χ3n) is 4.15. The third-order valence-corrected chi connectivity index (χ3v) is 4.15. The first-order chi connectivity index (χ1) is 12.6. The quantitative estimate of drug-likeness (QED) is 0.830. The van der Waals surface area contributed by atoms with Crippen LogP contribution in [0.2, 0.25) is 0 Å². The lowest BCUT2D eigenvalue weighted by atomic mass is 10.1. The van der Waals surface area contributed by atoms with E-state index in [-0.39, 0.29) is 17.7 Å². The average molecular weight is 351 g/mol. The summed E-state index contributed by atoms with van der Waals surface area (Å²) < 4.78 is 5.72. The van der Waals surface area contributed by atoms with E-state index < -0.39 is 6.23 Å². The summed E-state index contributed by atoms with van der Waals surface area (Å²) in [5.74, 6) is -0.368. The maximum atomic E-state index is 12.8. The number of hydrogen-bond acceptors (Lipinski definition) is 4. The van der Waals surface area contributed by atoms with Crippen LogP contribution in [0.4, 0.5) is 0 Å². The van der Waals surface area contributed by atoms with Crippen molar-refractivity contribution in [3.05, 3.63) is 71.8 Å². The molecule has 2 aromatic rings. The molecule has 0 spiro atoms. The van der Waals surface area contributed by atoms with Gasteiger partial charge >= 0.3 is 0 Å². The standard InChI is InChI=1S/C20H21N3O3/c1-15(24)23-20(26-18(21-23)17-11-7-4-8-12-17)19(25)22(2)14-13-16-9-5-3-6-10-16/h3-12,20H,13-14H2,1-2H3. The molecule has 2 amide bonds. The summed E-state index contributed by atoms with van der Waals surface area (Å²) in [4.78, 5) is 26.3. The molecular weight excluding hydrogens is 330 g/mol. The highest BCUT2D eigenvalue weighted by Gasteiger charge is 2.38. The molecule has 0 N–H and O–H groups in total. The van der Waals surface area contributed by atoms with Crippen LogP contribution in [-0.4, -0.2) is 47.4 Å². The molecule has 1 aliphatic heterocycles. The Hall–Kier alpha value is -3.15. The van der Waals surface area contributed by atoms with Gasteiger partial charge in [-0.25, -0.2) is 0 Å². The number of hydrazone groups is 1. The van der Waals surface area contributed by atoms with E-state index in [1.54, 1.807) is 11.9 Å². The molecule has 134 valence electrons. The molecule has 1 atom stereocenters. The van der Waals surface area contributed by atoms with E-state index in [2.05, 4.69) is 5.10 Å². The Bertz CT molecular complexity index is 806. The lowest BCUT2D eigenvalue weighted by Crippen LogP contribution is -2.46. The minimum absolute atomic E-state index is 0.274. The average Bonchev–Trinajstić information content (AvgIpc) is 3.13. The van der Waals surface area contributed by atoms with Crippen molar-refractivity contribution < 1.29 is 14.3 Å². The highest BCUT2D eigenvalue weighted by atomic mass is 16.5. The summed E-state index contributed by atoms with van der Waals surface area (Å²) in [6.45, 7) is 1.89. The van der Waals surface area contributed by atoms with Gasteiger partial charge in [-0.2, -0.15) is 5.01 Å². The summed E-state index contributed by atoms with van der Waals surface area (Å²) in [6, 6.07) is 19.1. The normalized spacial score (nSPS) is 16.0. The van der Waals surface area contributed by atoms with E-state index in [0.717, 1.165) is 22.6 Å². The summed E-state index contributed by atoms with van der Waals surface area (Å²) in [6.07, 6.45) is -0.342. The lowest BCUT2D eigenvalue weighted by molar-refractivity contribution is -0.152. The molecule has 1 heterocycles. The molecule has 2 aromatic carbocycles. The predicted molar refractivity (Wildman–Crippen MR) is 98.2 cm³/mol. The van der Waals surface area contributed by atoms with Crippen LogP contribution in [-0.2, 0) is 20.7 Å². The molecule has 6 nitrogen and oxygen atoms in total. The Morgan fingerprint density at radius 3 is 2.31 bits per heavy atom. The van der Waals surface area contributed by atoms with Gasteiger partial charge in [0.2, 0.25) is 11.8 Å². The van der Waals surface area contributed by atoms with Gasteiger partial charge in [0.1, 0.15) is 0 Å². The van der Waals surface area contributed by atoms with Crippen molar-refractivity contribution in [3.63, 3.8) is 0 Å². The number of carbonyl (C=O) groups excluding carboxylic acids is 2. The molecule has 6 heteroatoms. The first kappa shape index (κ1) is 17.7. The summed E-state index contributed by atoms with van der Waals surface area (Å²) >= 11 is 0. The van der Waals surface area contributed by atoms with Crippen LogP contribution in [0.5, 0.6) is 0 Å². The van der Waals surface area contributed by atoms with Crippen LogP contribution in [0.3, 0.4) is 0 Å². The molecule has 1 aliphatic rings. The van der Waals surface area contributed by atoms with Crippen LogP contribution in [0.15, 0.2) is 65.8 Å². The zero-order chi connectivity index (χ0) is 18.5. The fourth-order valence-corrected chi connectivity index (χ4v) is 2.67. The molecule has 0 bridgehead atoms. The highest BCUT2D eigenvalue weighted by Crippen LogP contribution is 2.19. The van der Waals surface area contributed by atoms with E-state index in [9.17, 15) is 9.59 Å². The number of likely N-dealkylation sites (N-methyl/N-ethyl adjacent to an activating group) is 1. The van der Waals surface area contributed by atoms with Crippen molar-refractivity contribution in [2.24, 2.45) is 5.10 Å². The smallest absolute Gasteiger partial charge is 0.287 e. The van der Waals surface area contributed by atoms with Crippen molar-refractivity contribution in [2.45, 2.75) is 19.6 Å². The predicted octanol–water partition coefficient (Wildman–Crippen LogP) is 2.25.